The summed E-state index contributed by atoms with van der Waals surface area (Å²) in [6.45, 7) is 5.36. The predicted octanol–water partition coefficient (Wildman–Crippen LogP) is 2.52. The van der Waals surface area contributed by atoms with E-state index in [0.29, 0.717) is 25.8 Å². The molecule has 2 rings (SSSR count). The van der Waals surface area contributed by atoms with Crippen molar-refractivity contribution < 1.29 is 14.0 Å². The Balaban J connectivity index is 1.84. The van der Waals surface area contributed by atoms with Crippen LogP contribution in [0.1, 0.15) is 38.7 Å². The molecule has 126 valence electrons. The zero-order valence-electron chi connectivity index (χ0n) is 13.8. The lowest BCUT2D eigenvalue weighted by molar-refractivity contribution is -0.128. The third-order valence-electron chi connectivity index (χ3n) is 4.30. The highest BCUT2D eigenvalue weighted by Gasteiger charge is 2.22. The van der Waals surface area contributed by atoms with Gasteiger partial charge in [-0.15, -0.1) is 0 Å². The van der Waals surface area contributed by atoms with E-state index in [-0.39, 0.29) is 29.6 Å². The number of carbonyl (C=O) groups is 2. The van der Waals surface area contributed by atoms with E-state index in [1.807, 2.05) is 0 Å². The number of amides is 2. The van der Waals surface area contributed by atoms with Gasteiger partial charge in [0, 0.05) is 32.0 Å². The lowest BCUT2D eigenvalue weighted by Gasteiger charge is -2.23. The van der Waals surface area contributed by atoms with E-state index in [1.165, 1.54) is 12.1 Å². The second-order valence-electron chi connectivity index (χ2n) is 6.48. The van der Waals surface area contributed by atoms with Gasteiger partial charge in [0.25, 0.3) is 0 Å². The monoisotopic (exact) mass is 320 g/mol. The highest BCUT2D eigenvalue weighted by molar-refractivity contribution is 5.80. The van der Waals surface area contributed by atoms with Crippen molar-refractivity contribution in [2.24, 2.45) is 5.92 Å². The number of hydrogen-bond donors (Lipinski definition) is 1. The number of carbonyl (C=O) groups excluding carboxylic acids is 2. The third kappa shape index (κ3) is 5.34. The first kappa shape index (κ1) is 17.4. The first-order valence-corrected chi connectivity index (χ1v) is 8.27. The fourth-order valence-electron chi connectivity index (χ4n) is 2.78. The molecule has 1 aliphatic rings. The summed E-state index contributed by atoms with van der Waals surface area (Å²) in [6, 6.07) is 6.38. The molecule has 2 amide bonds. The van der Waals surface area contributed by atoms with E-state index in [0.717, 1.165) is 18.5 Å². The summed E-state index contributed by atoms with van der Waals surface area (Å²) in [4.78, 5) is 25.5. The number of nitrogens with zero attached hydrogens (tertiary/aromatic N) is 1. The summed E-state index contributed by atoms with van der Waals surface area (Å²) in [5.74, 6) is 0.126. The van der Waals surface area contributed by atoms with Gasteiger partial charge in [0.05, 0.1) is 0 Å². The van der Waals surface area contributed by atoms with Gasteiger partial charge in [-0.2, -0.15) is 0 Å². The normalized spacial score (nSPS) is 16.0. The van der Waals surface area contributed by atoms with Gasteiger partial charge in [-0.05, 0) is 36.5 Å². The Morgan fingerprint density at radius 2 is 2.00 bits per heavy atom. The van der Waals surface area contributed by atoms with Crippen LogP contribution >= 0.6 is 0 Å². The molecule has 1 saturated heterocycles. The minimum Gasteiger partial charge on any atom is -0.353 e. The summed E-state index contributed by atoms with van der Waals surface area (Å²) < 4.78 is 13.0. The van der Waals surface area contributed by atoms with Crippen molar-refractivity contribution in [3.8, 4) is 0 Å². The zero-order chi connectivity index (χ0) is 16.8. The Kier molecular flexibility index (Phi) is 6.13. The fraction of sp³-hybridized carbons (Fsp3) is 0.556. The van der Waals surface area contributed by atoms with E-state index < -0.39 is 0 Å². The van der Waals surface area contributed by atoms with Crippen molar-refractivity contribution in [2.75, 3.05) is 13.1 Å². The van der Waals surface area contributed by atoms with E-state index in [1.54, 1.807) is 17.0 Å². The molecule has 4 nitrogen and oxygen atoms in total. The molecule has 1 aromatic rings. The Morgan fingerprint density at radius 1 is 1.30 bits per heavy atom. The number of rotatable bonds is 7. The summed E-state index contributed by atoms with van der Waals surface area (Å²) >= 11 is 0. The minimum atomic E-state index is -0.255. The van der Waals surface area contributed by atoms with Crippen molar-refractivity contribution in [2.45, 2.75) is 45.6 Å². The number of nitrogens with one attached hydrogen (secondary N) is 1. The van der Waals surface area contributed by atoms with Gasteiger partial charge in [0.2, 0.25) is 11.8 Å². The standard InChI is InChI=1S/C18H25FN2O2/c1-13(2)16(12-14-5-7-15(19)8-6-14)20-17(22)9-11-21-10-3-4-18(21)23/h5-8,13,16H,3-4,9-12H2,1-2H3,(H,20,22)/t16-/m1/s1. The summed E-state index contributed by atoms with van der Waals surface area (Å²) in [7, 11) is 0. The van der Waals surface area contributed by atoms with Crippen LogP contribution in [0.25, 0.3) is 0 Å². The molecule has 0 saturated carbocycles. The molecule has 0 aliphatic carbocycles. The molecule has 1 N–H and O–H groups in total. The smallest absolute Gasteiger partial charge is 0.222 e. The molecule has 1 atom stereocenters. The Bertz CT molecular complexity index is 542. The highest BCUT2D eigenvalue weighted by Crippen LogP contribution is 2.13. The Labute approximate surface area is 137 Å². The molecule has 1 fully saturated rings. The Hall–Kier alpha value is -1.91. The van der Waals surface area contributed by atoms with Crippen LogP contribution in [0.15, 0.2) is 24.3 Å². The average molecular weight is 320 g/mol. The van der Waals surface area contributed by atoms with Crippen LogP contribution in [0.4, 0.5) is 4.39 Å². The third-order valence-corrected chi connectivity index (χ3v) is 4.30. The molecule has 0 bridgehead atoms. The van der Waals surface area contributed by atoms with Crippen LogP contribution in [0, 0.1) is 11.7 Å². The van der Waals surface area contributed by atoms with Crippen molar-refractivity contribution in [1.82, 2.24) is 10.2 Å². The SMILES string of the molecule is CC(C)[C@@H](Cc1ccc(F)cc1)NC(=O)CCN1CCCC1=O. The summed E-state index contributed by atoms with van der Waals surface area (Å²) in [5.41, 5.74) is 1.00. The van der Waals surface area contributed by atoms with Crippen LogP contribution in [0.5, 0.6) is 0 Å². The number of likely N-dealkylation sites (tertiary alicyclic amines) is 1. The molecule has 23 heavy (non-hydrogen) atoms. The summed E-state index contributed by atoms with van der Waals surface area (Å²) in [6.07, 6.45) is 2.49. The lowest BCUT2D eigenvalue weighted by atomic mass is 9.96. The maximum absolute atomic E-state index is 13.0. The lowest BCUT2D eigenvalue weighted by Crippen LogP contribution is -2.41. The van der Waals surface area contributed by atoms with Gasteiger partial charge in [-0.1, -0.05) is 26.0 Å². The fourth-order valence-corrected chi connectivity index (χ4v) is 2.78. The summed E-state index contributed by atoms with van der Waals surface area (Å²) in [5, 5.41) is 3.05. The molecule has 1 aromatic carbocycles. The van der Waals surface area contributed by atoms with Crippen LogP contribution in [-0.2, 0) is 16.0 Å². The molecule has 1 heterocycles. The number of halogens is 1. The van der Waals surface area contributed by atoms with Crippen LogP contribution in [0.2, 0.25) is 0 Å². The maximum Gasteiger partial charge on any atom is 0.222 e. The van der Waals surface area contributed by atoms with Gasteiger partial charge in [-0.3, -0.25) is 9.59 Å². The molecule has 5 heteroatoms. The first-order chi connectivity index (χ1) is 11.0. The van der Waals surface area contributed by atoms with Gasteiger partial charge in [0.1, 0.15) is 5.82 Å². The number of benzene rings is 1. The van der Waals surface area contributed by atoms with Crippen LogP contribution in [0.3, 0.4) is 0 Å². The zero-order valence-corrected chi connectivity index (χ0v) is 13.8. The molecule has 0 radical (unpaired) electrons. The van der Waals surface area contributed by atoms with Crippen LogP contribution in [-0.4, -0.2) is 35.8 Å². The molecule has 0 aromatic heterocycles. The van der Waals surface area contributed by atoms with E-state index >= 15 is 0 Å². The van der Waals surface area contributed by atoms with Crippen molar-refractivity contribution >= 4 is 11.8 Å². The largest absolute Gasteiger partial charge is 0.353 e. The number of hydrogen-bond acceptors (Lipinski definition) is 2. The van der Waals surface area contributed by atoms with E-state index in [4.69, 9.17) is 0 Å². The van der Waals surface area contributed by atoms with Gasteiger partial charge in [0.15, 0.2) is 0 Å². The van der Waals surface area contributed by atoms with Gasteiger partial charge >= 0.3 is 0 Å². The van der Waals surface area contributed by atoms with Crippen molar-refractivity contribution in [3.05, 3.63) is 35.6 Å². The maximum atomic E-state index is 13.0. The molecular weight excluding hydrogens is 295 g/mol. The predicted molar refractivity (Wildman–Crippen MR) is 87.3 cm³/mol. The first-order valence-electron chi connectivity index (χ1n) is 8.27. The minimum absolute atomic E-state index is 0.00207. The molecular formula is C18H25FN2O2. The van der Waals surface area contributed by atoms with E-state index in [9.17, 15) is 14.0 Å². The topological polar surface area (TPSA) is 49.4 Å². The molecule has 0 spiro atoms. The second-order valence-corrected chi connectivity index (χ2v) is 6.48. The molecule has 1 aliphatic heterocycles. The highest BCUT2D eigenvalue weighted by atomic mass is 19.1. The molecule has 0 unspecified atom stereocenters. The van der Waals surface area contributed by atoms with Gasteiger partial charge < -0.3 is 10.2 Å². The Morgan fingerprint density at radius 3 is 2.57 bits per heavy atom. The second kappa shape index (κ2) is 8.09. The van der Waals surface area contributed by atoms with Crippen LogP contribution < -0.4 is 5.32 Å². The van der Waals surface area contributed by atoms with E-state index in [2.05, 4.69) is 19.2 Å². The average Bonchev–Trinajstić information content (AvgIpc) is 2.92. The van der Waals surface area contributed by atoms with Crippen molar-refractivity contribution in [1.29, 1.82) is 0 Å². The van der Waals surface area contributed by atoms with Gasteiger partial charge in [-0.25, -0.2) is 4.39 Å². The van der Waals surface area contributed by atoms with Crippen molar-refractivity contribution in [3.63, 3.8) is 0 Å². The quantitative estimate of drug-likeness (QED) is 0.839.